The summed E-state index contributed by atoms with van der Waals surface area (Å²) in [5.41, 5.74) is -2.60. The first-order valence-corrected chi connectivity index (χ1v) is 15.3. The number of fused-ring (bicyclic) bond motifs is 1. The average molecular weight is 635 g/mol. The molecule has 11 heteroatoms. The Labute approximate surface area is 258 Å². The maximum absolute atomic E-state index is 14.7. The van der Waals surface area contributed by atoms with E-state index in [0.29, 0.717) is 17.7 Å². The van der Waals surface area contributed by atoms with Gasteiger partial charge in [-0.05, 0) is 35.4 Å². The largest absolute Gasteiger partial charge is 0.534 e. The van der Waals surface area contributed by atoms with Gasteiger partial charge in [-0.3, -0.25) is 4.79 Å². The number of anilines is 1. The number of para-hydroxylation sites is 3. The van der Waals surface area contributed by atoms with Gasteiger partial charge < -0.3 is 18.4 Å². The van der Waals surface area contributed by atoms with Crippen molar-refractivity contribution < 1.29 is 35.3 Å². The quantitative estimate of drug-likeness (QED) is 0.0874. The van der Waals surface area contributed by atoms with Gasteiger partial charge in [-0.15, -0.1) is 0 Å². The molecule has 0 aliphatic heterocycles. The molecule has 5 aromatic rings. The van der Waals surface area contributed by atoms with Gasteiger partial charge in [0, 0.05) is 36.4 Å². The summed E-state index contributed by atoms with van der Waals surface area (Å²) in [7, 11) is -4.55. The van der Waals surface area contributed by atoms with Crippen molar-refractivity contribution in [2.75, 3.05) is 18.6 Å². The number of ether oxygens (including phenoxy) is 1. The van der Waals surface area contributed by atoms with Gasteiger partial charge in [0.05, 0.1) is 24.4 Å². The Bertz CT molecular complexity index is 1920. The Kier molecular flexibility index (Phi) is 9.40. The maximum atomic E-state index is 14.7. The summed E-state index contributed by atoms with van der Waals surface area (Å²) in [5, 5.41) is 0.870. The lowest BCUT2D eigenvalue weighted by Gasteiger charge is -2.27. The Morgan fingerprint density at radius 1 is 0.844 bits per heavy atom. The summed E-state index contributed by atoms with van der Waals surface area (Å²) in [6.07, 6.45) is 3.53. The van der Waals surface area contributed by atoms with E-state index in [2.05, 4.69) is 4.18 Å². The molecule has 5 rings (SSSR count). The lowest BCUT2D eigenvalue weighted by atomic mass is 10.00. The molecule has 4 aromatic carbocycles. The Morgan fingerprint density at radius 2 is 1.49 bits per heavy atom. The topological polar surface area (TPSA) is 77.8 Å². The Balaban J connectivity index is 1.66. The summed E-state index contributed by atoms with van der Waals surface area (Å²) in [4.78, 5) is 15.9. The third kappa shape index (κ3) is 7.11. The van der Waals surface area contributed by atoms with Gasteiger partial charge in [0.25, 0.3) is 5.91 Å². The van der Waals surface area contributed by atoms with Crippen LogP contribution in [0.5, 0.6) is 5.75 Å². The normalized spacial score (nSPS) is 12.3. The molecular weight excluding hydrogens is 605 g/mol. The van der Waals surface area contributed by atoms with Crippen LogP contribution in [-0.4, -0.2) is 38.1 Å². The molecule has 7 nitrogen and oxygen atoms in total. The molecule has 0 unspecified atom stereocenters. The van der Waals surface area contributed by atoms with Gasteiger partial charge in [-0.1, -0.05) is 91.0 Å². The number of carbonyl (C=O) groups excluding carboxylic acids is 1. The number of alkyl halides is 3. The van der Waals surface area contributed by atoms with E-state index < -0.39 is 27.3 Å². The summed E-state index contributed by atoms with van der Waals surface area (Å²) in [6.45, 7) is 0.473. The van der Waals surface area contributed by atoms with Gasteiger partial charge in [-0.2, -0.15) is 21.6 Å². The van der Waals surface area contributed by atoms with E-state index in [4.69, 9.17) is 4.74 Å². The molecule has 0 fully saturated rings. The fraction of sp³-hybridized carbons (Fsp3) is 0.147. The fourth-order valence-electron chi connectivity index (χ4n) is 4.96. The molecule has 0 N–H and O–H groups in total. The molecule has 0 atom stereocenters. The van der Waals surface area contributed by atoms with Crippen LogP contribution in [0.25, 0.3) is 16.5 Å². The smallest absolute Gasteiger partial charge is 0.381 e. The Morgan fingerprint density at radius 3 is 2.16 bits per heavy atom. The molecule has 0 radical (unpaired) electrons. The number of nitrogens with zero attached hydrogens (tertiary/aromatic N) is 2. The lowest BCUT2D eigenvalue weighted by Crippen LogP contribution is -2.33. The molecule has 0 saturated heterocycles. The zero-order valence-electron chi connectivity index (χ0n) is 24.1. The highest BCUT2D eigenvalue weighted by Gasteiger charge is 2.49. The first-order chi connectivity index (χ1) is 21.6. The van der Waals surface area contributed by atoms with Crippen LogP contribution < -0.4 is 9.08 Å². The molecule has 45 heavy (non-hydrogen) atoms. The standard InChI is InChI=1S/C34H29F3N2O5S/c1-43-22-20-29(28-16-10-15-27-19-21-38(32(27)28)23-25-11-4-2-5-12-25)33(40)39(24-26-13-6-3-7-14-26)30-17-8-9-18-31(30)44-45(41,42)34(35,36)37/h2-21H,22-24H2,1H3/b29-20-. The number of aromatic nitrogens is 1. The second-order valence-corrected chi connectivity index (χ2v) is 11.6. The van der Waals surface area contributed by atoms with Crippen molar-refractivity contribution in [1.29, 1.82) is 0 Å². The van der Waals surface area contributed by atoms with Crippen molar-refractivity contribution in [2.45, 2.75) is 18.6 Å². The van der Waals surface area contributed by atoms with Crippen molar-refractivity contribution in [3.05, 3.63) is 138 Å². The summed E-state index contributed by atoms with van der Waals surface area (Å²) in [5.74, 6) is -1.24. The van der Waals surface area contributed by atoms with Gasteiger partial charge in [0.1, 0.15) is 0 Å². The van der Waals surface area contributed by atoms with Gasteiger partial charge in [0.15, 0.2) is 5.75 Å². The molecule has 0 spiro atoms. The second kappa shape index (κ2) is 13.4. The molecule has 1 aromatic heterocycles. The Hall–Kier alpha value is -4.87. The molecule has 232 valence electrons. The first-order valence-electron chi connectivity index (χ1n) is 13.9. The minimum Gasteiger partial charge on any atom is -0.381 e. The predicted octanol–water partition coefficient (Wildman–Crippen LogP) is 7.18. The van der Waals surface area contributed by atoms with Crippen LogP contribution >= 0.6 is 0 Å². The molecule has 1 amide bonds. The first kappa shape index (κ1) is 31.6. The molecule has 0 aliphatic carbocycles. The summed E-state index contributed by atoms with van der Waals surface area (Å²) in [6, 6.07) is 31.3. The highest BCUT2D eigenvalue weighted by atomic mass is 32.2. The predicted molar refractivity (Wildman–Crippen MR) is 167 cm³/mol. The number of amides is 1. The van der Waals surface area contributed by atoms with Crippen molar-refractivity contribution >= 4 is 38.2 Å². The number of rotatable bonds is 11. The van der Waals surface area contributed by atoms with Crippen molar-refractivity contribution in [3.8, 4) is 5.75 Å². The van der Waals surface area contributed by atoms with Gasteiger partial charge >= 0.3 is 15.6 Å². The number of halogens is 3. The average Bonchev–Trinajstić information content (AvgIpc) is 3.44. The van der Waals surface area contributed by atoms with E-state index in [1.54, 1.807) is 42.5 Å². The second-order valence-electron chi connectivity index (χ2n) is 10.1. The third-order valence-corrected chi connectivity index (χ3v) is 7.99. The van der Waals surface area contributed by atoms with Crippen LogP contribution in [0.15, 0.2) is 121 Å². The van der Waals surface area contributed by atoms with E-state index in [1.807, 2.05) is 59.3 Å². The van der Waals surface area contributed by atoms with Crippen LogP contribution in [0.1, 0.15) is 16.7 Å². The van der Waals surface area contributed by atoms with Crippen LogP contribution in [-0.2, 0) is 32.7 Å². The lowest BCUT2D eigenvalue weighted by molar-refractivity contribution is -0.113. The number of hydrogen-bond donors (Lipinski definition) is 0. The third-order valence-electron chi connectivity index (χ3n) is 7.03. The summed E-state index contributed by atoms with van der Waals surface area (Å²) < 4.78 is 76.0. The van der Waals surface area contributed by atoms with Crippen LogP contribution in [0.2, 0.25) is 0 Å². The minimum absolute atomic E-state index is 0.0522. The summed E-state index contributed by atoms with van der Waals surface area (Å²) >= 11 is 0. The highest BCUT2D eigenvalue weighted by Crippen LogP contribution is 2.37. The SMILES string of the molecule is COC/C=C(\C(=O)N(Cc1ccccc1)c1ccccc1OS(=O)(=O)C(F)(F)F)c1cccc2ccn(Cc3ccccc3)c12. The zero-order chi connectivity index (χ0) is 32.0. The van der Waals surface area contributed by atoms with E-state index in [9.17, 15) is 26.4 Å². The van der Waals surface area contributed by atoms with Crippen molar-refractivity contribution in [2.24, 2.45) is 0 Å². The van der Waals surface area contributed by atoms with E-state index in [0.717, 1.165) is 22.5 Å². The minimum atomic E-state index is -6.02. The number of carbonyl (C=O) groups is 1. The highest BCUT2D eigenvalue weighted by molar-refractivity contribution is 7.88. The molecular formula is C34H29F3N2O5S. The van der Waals surface area contributed by atoms with Crippen molar-refractivity contribution in [1.82, 2.24) is 4.57 Å². The monoisotopic (exact) mass is 634 g/mol. The molecule has 0 saturated carbocycles. The zero-order valence-corrected chi connectivity index (χ0v) is 25.0. The maximum Gasteiger partial charge on any atom is 0.534 e. The number of methoxy groups -OCH3 is 1. The number of benzene rings is 4. The number of hydrogen-bond acceptors (Lipinski definition) is 5. The van der Waals surface area contributed by atoms with E-state index in [-0.39, 0.29) is 24.4 Å². The molecule has 0 bridgehead atoms. The van der Waals surface area contributed by atoms with Crippen LogP contribution in [0.4, 0.5) is 18.9 Å². The molecule has 0 aliphatic rings. The van der Waals surface area contributed by atoms with Gasteiger partial charge in [0.2, 0.25) is 0 Å². The van der Waals surface area contributed by atoms with Crippen LogP contribution in [0.3, 0.4) is 0 Å². The fourth-order valence-corrected chi connectivity index (χ4v) is 5.44. The van der Waals surface area contributed by atoms with Crippen LogP contribution in [0, 0.1) is 0 Å². The van der Waals surface area contributed by atoms with E-state index in [1.165, 1.54) is 30.2 Å². The van der Waals surface area contributed by atoms with E-state index >= 15 is 0 Å². The molecule has 1 heterocycles. The van der Waals surface area contributed by atoms with Gasteiger partial charge in [-0.25, -0.2) is 0 Å². The van der Waals surface area contributed by atoms with Crippen molar-refractivity contribution in [3.63, 3.8) is 0 Å².